The Morgan fingerprint density at radius 1 is 1.35 bits per heavy atom. The highest BCUT2D eigenvalue weighted by atomic mass is 35.5. The number of amides is 1. The van der Waals surface area contributed by atoms with Crippen molar-refractivity contribution in [2.24, 2.45) is 0 Å². The van der Waals surface area contributed by atoms with E-state index in [1.807, 2.05) is 17.0 Å². The van der Waals surface area contributed by atoms with Crippen LogP contribution >= 0.6 is 11.6 Å². The molecule has 0 bridgehead atoms. The van der Waals surface area contributed by atoms with Gasteiger partial charge in [0.1, 0.15) is 0 Å². The van der Waals surface area contributed by atoms with Gasteiger partial charge in [-0.25, -0.2) is 0 Å². The molecule has 0 radical (unpaired) electrons. The number of carbonyl (C=O) groups is 1. The summed E-state index contributed by atoms with van der Waals surface area (Å²) in [7, 11) is 0. The summed E-state index contributed by atoms with van der Waals surface area (Å²) in [5, 5.41) is 8.47. The molecule has 0 atom stereocenters. The van der Waals surface area contributed by atoms with Crippen LogP contribution in [0.4, 0.5) is 11.5 Å². The van der Waals surface area contributed by atoms with E-state index >= 15 is 0 Å². The van der Waals surface area contributed by atoms with Crippen LogP contribution in [0.5, 0.6) is 0 Å². The number of nitrogens with zero attached hydrogens (tertiary/aromatic N) is 3. The molecular weight excluding hydrogens is 278 g/mol. The number of benzene rings is 1. The van der Waals surface area contributed by atoms with Gasteiger partial charge in [0.2, 0.25) is 5.91 Å². The molecule has 0 saturated carbocycles. The van der Waals surface area contributed by atoms with Crippen LogP contribution < -0.4 is 10.6 Å². The molecule has 6 nitrogen and oxygen atoms in total. The Hall–Kier alpha value is -1.95. The number of nitrogens with one attached hydrogen (secondary N) is 1. The SMILES string of the molecule is CC(=O)N1CCN(c2cc(Cl)cc3c(N)n[nH]c23)CC1. The van der Waals surface area contributed by atoms with Crippen LogP contribution in [0.25, 0.3) is 10.9 Å². The normalized spacial score (nSPS) is 15.9. The predicted molar refractivity (Wildman–Crippen MR) is 80.0 cm³/mol. The fourth-order valence-corrected chi connectivity index (χ4v) is 2.81. The molecule has 20 heavy (non-hydrogen) atoms. The number of piperazine rings is 1. The minimum Gasteiger partial charge on any atom is -0.382 e. The van der Waals surface area contributed by atoms with Crippen LogP contribution in [0.15, 0.2) is 12.1 Å². The molecule has 1 amide bonds. The van der Waals surface area contributed by atoms with Gasteiger partial charge in [-0.2, -0.15) is 5.10 Å². The Kier molecular flexibility index (Phi) is 3.17. The summed E-state index contributed by atoms with van der Waals surface area (Å²) < 4.78 is 0. The molecule has 0 unspecified atom stereocenters. The number of fused-ring (bicyclic) bond motifs is 1. The largest absolute Gasteiger partial charge is 0.382 e. The number of halogens is 1. The molecule has 1 aromatic carbocycles. The number of carbonyl (C=O) groups excluding carboxylic acids is 1. The highest BCUT2D eigenvalue weighted by molar-refractivity contribution is 6.32. The zero-order chi connectivity index (χ0) is 14.3. The Balaban J connectivity index is 1.93. The minimum atomic E-state index is 0.117. The van der Waals surface area contributed by atoms with Gasteiger partial charge in [0, 0.05) is 43.5 Å². The smallest absolute Gasteiger partial charge is 0.219 e. The van der Waals surface area contributed by atoms with E-state index in [1.165, 1.54) is 0 Å². The maximum absolute atomic E-state index is 11.4. The molecule has 1 fully saturated rings. The van der Waals surface area contributed by atoms with Crippen molar-refractivity contribution in [3.63, 3.8) is 0 Å². The second-order valence-corrected chi connectivity index (χ2v) is 5.39. The molecule has 1 saturated heterocycles. The molecule has 0 aliphatic carbocycles. The van der Waals surface area contributed by atoms with Gasteiger partial charge >= 0.3 is 0 Å². The fraction of sp³-hybridized carbons (Fsp3) is 0.385. The summed E-state index contributed by atoms with van der Waals surface area (Å²) in [4.78, 5) is 15.4. The first-order valence-corrected chi connectivity index (χ1v) is 6.87. The molecule has 106 valence electrons. The number of aromatic amines is 1. The third-order valence-corrected chi connectivity index (χ3v) is 3.93. The number of anilines is 2. The molecular formula is C13H16ClN5O. The number of hydrogen-bond acceptors (Lipinski definition) is 4. The van der Waals surface area contributed by atoms with Gasteiger partial charge in [0.15, 0.2) is 5.82 Å². The standard InChI is InChI=1S/C13H16ClN5O/c1-8(20)18-2-4-19(5-3-18)11-7-9(14)6-10-12(11)16-17-13(10)15/h6-7H,2-5H2,1H3,(H3,15,16,17). The van der Waals surface area contributed by atoms with E-state index in [2.05, 4.69) is 15.1 Å². The van der Waals surface area contributed by atoms with Crippen molar-refractivity contribution in [2.45, 2.75) is 6.92 Å². The molecule has 3 N–H and O–H groups in total. The highest BCUT2D eigenvalue weighted by Gasteiger charge is 2.21. The van der Waals surface area contributed by atoms with E-state index in [1.54, 1.807) is 6.92 Å². The summed E-state index contributed by atoms with van der Waals surface area (Å²) >= 11 is 6.16. The van der Waals surface area contributed by atoms with E-state index in [-0.39, 0.29) is 5.91 Å². The molecule has 1 aliphatic heterocycles. The lowest BCUT2D eigenvalue weighted by molar-refractivity contribution is -0.129. The lowest BCUT2D eigenvalue weighted by Gasteiger charge is -2.35. The second-order valence-electron chi connectivity index (χ2n) is 4.95. The van der Waals surface area contributed by atoms with Crippen LogP contribution in [-0.2, 0) is 4.79 Å². The average molecular weight is 294 g/mol. The third-order valence-electron chi connectivity index (χ3n) is 3.71. The minimum absolute atomic E-state index is 0.117. The topological polar surface area (TPSA) is 78.2 Å². The zero-order valence-electron chi connectivity index (χ0n) is 11.2. The molecule has 0 spiro atoms. The third kappa shape index (κ3) is 2.16. The van der Waals surface area contributed by atoms with Gasteiger partial charge in [-0.15, -0.1) is 0 Å². The Labute approximate surface area is 121 Å². The van der Waals surface area contributed by atoms with Crippen LogP contribution in [0.2, 0.25) is 5.02 Å². The first-order chi connectivity index (χ1) is 9.56. The van der Waals surface area contributed by atoms with Crippen molar-refractivity contribution in [1.29, 1.82) is 0 Å². The molecule has 3 rings (SSSR count). The Bertz CT molecular complexity index is 660. The van der Waals surface area contributed by atoms with E-state index in [0.29, 0.717) is 23.9 Å². The summed E-state index contributed by atoms with van der Waals surface area (Å²) in [6.07, 6.45) is 0. The lowest BCUT2D eigenvalue weighted by Crippen LogP contribution is -2.48. The number of H-pyrrole nitrogens is 1. The summed E-state index contributed by atoms with van der Waals surface area (Å²) in [6.45, 7) is 4.57. The number of rotatable bonds is 1. The van der Waals surface area contributed by atoms with E-state index in [0.717, 1.165) is 29.7 Å². The van der Waals surface area contributed by atoms with E-state index in [4.69, 9.17) is 17.3 Å². The molecule has 7 heteroatoms. The van der Waals surface area contributed by atoms with Crippen molar-refractivity contribution in [2.75, 3.05) is 36.8 Å². The van der Waals surface area contributed by atoms with Gasteiger partial charge in [-0.1, -0.05) is 11.6 Å². The maximum Gasteiger partial charge on any atom is 0.219 e. The Morgan fingerprint density at radius 3 is 2.70 bits per heavy atom. The number of nitrogen functional groups attached to an aromatic ring is 1. The highest BCUT2D eigenvalue weighted by Crippen LogP contribution is 2.32. The lowest BCUT2D eigenvalue weighted by atomic mass is 10.2. The summed E-state index contributed by atoms with van der Waals surface area (Å²) in [5.74, 6) is 0.567. The predicted octanol–water partition coefficient (Wildman–Crippen LogP) is 1.47. The van der Waals surface area contributed by atoms with E-state index in [9.17, 15) is 4.79 Å². The first kappa shape index (κ1) is 13.1. The quantitative estimate of drug-likeness (QED) is 0.834. The monoisotopic (exact) mass is 293 g/mol. The first-order valence-electron chi connectivity index (χ1n) is 6.50. The van der Waals surface area contributed by atoms with Crippen molar-refractivity contribution in [3.05, 3.63) is 17.2 Å². The van der Waals surface area contributed by atoms with Gasteiger partial charge in [0.25, 0.3) is 0 Å². The van der Waals surface area contributed by atoms with Gasteiger partial charge < -0.3 is 15.5 Å². The second kappa shape index (κ2) is 4.86. The van der Waals surface area contributed by atoms with Crippen molar-refractivity contribution < 1.29 is 4.79 Å². The summed E-state index contributed by atoms with van der Waals surface area (Å²) in [6, 6.07) is 3.72. The Morgan fingerprint density at radius 2 is 2.05 bits per heavy atom. The van der Waals surface area contributed by atoms with Gasteiger partial charge in [-0.05, 0) is 12.1 Å². The van der Waals surface area contributed by atoms with Crippen molar-refractivity contribution in [3.8, 4) is 0 Å². The molecule has 2 aromatic rings. The van der Waals surface area contributed by atoms with E-state index < -0.39 is 0 Å². The van der Waals surface area contributed by atoms with Crippen LogP contribution in [0, 0.1) is 0 Å². The molecule has 1 aliphatic rings. The fourth-order valence-electron chi connectivity index (χ4n) is 2.60. The average Bonchev–Trinajstić information content (AvgIpc) is 2.80. The number of hydrogen-bond donors (Lipinski definition) is 2. The van der Waals surface area contributed by atoms with Gasteiger partial charge in [-0.3, -0.25) is 9.89 Å². The van der Waals surface area contributed by atoms with Gasteiger partial charge in [0.05, 0.1) is 11.2 Å². The molecule has 1 aromatic heterocycles. The van der Waals surface area contributed by atoms with Crippen molar-refractivity contribution in [1.82, 2.24) is 15.1 Å². The number of nitrogens with two attached hydrogens (primary N) is 1. The summed E-state index contributed by atoms with van der Waals surface area (Å²) in [5.41, 5.74) is 7.71. The van der Waals surface area contributed by atoms with Crippen LogP contribution in [-0.4, -0.2) is 47.2 Å². The maximum atomic E-state index is 11.4. The van der Waals surface area contributed by atoms with Crippen molar-refractivity contribution >= 4 is 39.9 Å². The van der Waals surface area contributed by atoms with Crippen LogP contribution in [0.3, 0.4) is 0 Å². The zero-order valence-corrected chi connectivity index (χ0v) is 11.9. The molecule has 2 heterocycles. The van der Waals surface area contributed by atoms with Crippen LogP contribution in [0.1, 0.15) is 6.92 Å². The number of aromatic nitrogens is 2.